The molecule has 2 amide bonds. The van der Waals surface area contributed by atoms with Crippen molar-refractivity contribution in [1.82, 2.24) is 5.32 Å². The minimum atomic E-state index is -1.09. The number of amides is 2. The molecule has 1 aliphatic rings. The predicted molar refractivity (Wildman–Crippen MR) is 155 cm³/mol. The number of carbonyl (C=O) groups is 3. The Bertz CT molecular complexity index is 1490. The van der Waals surface area contributed by atoms with Crippen LogP contribution in [0.1, 0.15) is 39.9 Å². The van der Waals surface area contributed by atoms with Crippen molar-refractivity contribution in [1.29, 1.82) is 0 Å². The summed E-state index contributed by atoms with van der Waals surface area (Å²) in [7, 11) is 0. The molecule has 3 N–H and O–H groups in total. The first-order valence-corrected chi connectivity index (χ1v) is 13.3. The number of hydrogen-bond donors (Lipinski definition) is 3. The number of nitrogens with one attached hydrogen (secondary N) is 2. The van der Waals surface area contributed by atoms with Gasteiger partial charge in [0.15, 0.2) is 0 Å². The Morgan fingerprint density at radius 2 is 1.39 bits per heavy atom. The van der Waals surface area contributed by atoms with Gasteiger partial charge in [-0.25, -0.2) is 9.59 Å². The monoisotopic (exact) mass is 550 g/mol. The second-order valence-corrected chi connectivity index (χ2v) is 9.82. The molecule has 5 rings (SSSR count). The lowest BCUT2D eigenvalue weighted by atomic mass is 9.98. The van der Waals surface area contributed by atoms with E-state index < -0.39 is 30.1 Å². The number of carbonyl (C=O) groups excluding carboxylic acids is 2. The summed E-state index contributed by atoms with van der Waals surface area (Å²) in [6, 6.07) is 30.3. The smallest absolute Gasteiger partial charge is 0.407 e. The Morgan fingerprint density at radius 1 is 0.805 bits per heavy atom. The van der Waals surface area contributed by atoms with Crippen LogP contribution in [0.5, 0.6) is 0 Å². The van der Waals surface area contributed by atoms with Gasteiger partial charge >= 0.3 is 12.1 Å². The van der Waals surface area contributed by atoms with Crippen molar-refractivity contribution >= 4 is 23.7 Å². The van der Waals surface area contributed by atoms with Crippen LogP contribution in [-0.2, 0) is 20.9 Å². The number of carboxylic acid groups (broad SMARTS) is 1. The molecule has 8 nitrogen and oxygen atoms in total. The van der Waals surface area contributed by atoms with Crippen molar-refractivity contribution < 1.29 is 29.0 Å². The number of benzene rings is 4. The van der Waals surface area contributed by atoms with E-state index in [0.717, 1.165) is 27.8 Å². The van der Waals surface area contributed by atoms with E-state index in [1.165, 1.54) is 24.3 Å². The maximum Gasteiger partial charge on any atom is 0.407 e. The molecule has 41 heavy (non-hydrogen) atoms. The number of rotatable bonds is 10. The zero-order valence-corrected chi connectivity index (χ0v) is 22.4. The number of ether oxygens (including phenoxy) is 2. The molecule has 0 saturated carbocycles. The van der Waals surface area contributed by atoms with Crippen LogP contribution in [0.15, 0.2) is 103 Å². The highest BCUT2D eigenvalue weighted by Crippen LogP contribution is 2.44. The number of fused-ring (bicyclic) bond motifs is 3. The third kappa shape index (κ3) is 6.45. The Morgan fingerprint density at radius 3 is 2.00 bits per heavy atom. The van der Waals surface area contributed by atoms with Gasteiger partial charge in [0.2, 0.25) is 5.91 Å². The lowest BCUT2D eigenvalue weighted by Crippen LogP contribution is -2.51. The number of alkyl carbamates (subject to hydrolysis) is 1. The second-order valence-electron chi connectivity index (χ2n) is 9.82. The van der Waals surface area contributed by atoms with Gasteiger partial charge in [0.05, 0.1) is 18.3 Å². The normalized spacial score (nSPS) is 13.4. The first kappa shape index (κ1) is 27.6. The van der Waals surface area contributed by atoms with Crippen LogP contribution in [0.25, 0.3) is 11.1 Å². The fraction of sp³-hybridized carbons (Fsp3) is 0.182. The van der Waals surface area contributed by atoms with E-state index in [1.807, 2.05) is 66.7 Å². The molecule has 0 aromatic heterocycles. The first-order chi connectivity index (χ1) is 19.9. The third-order valence-electron chi connectivity index (χ3n) is 7.12. The molecule has 208 valence electrons. The van der Waals surface area contributed by atoms with Gasteiger partial charge in [0.1, 0.15) is 12.6 Å². The summed E-state index contributed by atoms with van der Waals surface area (Å²) in [4.78, 5) is 37.6. The van der Waals surface area contributed by atoms with E-state index in [4.69, 9.17) is 14.6 Å². The van der Waals surface area contributed by atoms with Crippen LogP contribution in [0.2, 0.25) is 0 Å². The zero-order valence-electron chi connectivity index (χ0n) is 22.4. The third-order valence-corrected chi connectivity index (χ3v) is 7.12. The molecule has 1 aliphatic carbocycles. The molecular weight excluding hydrogens is 520 g/mol. The van der Waals surface area contributed by atoms with Crippen molar-refractivity contribution in [3.05, 3.63) is 125 Å². The predicted octanol–water partition coefficient (Wildman–Crippen LogP) is 5.84. The summed E-state index contributed by atoms with van der Waals surface area (Å²) in [5, 5.41) is 14.6. The van der Waals surface area contributed by atoms with E-state index in [2.05, 4.69) is 22.8 Å². The standard InChI is InChI=1S/C33H30N2O6/c1-21(40-19-22-9-3-2-4-10-22)30(31(36)34-24-17-15-23(16-18-24)32(37)38)35-33(39)41-20-29-27-13-7-5-11-25(27)26-12-6-8-14-28(26)29/h2-18,21,29-30H,19-20H2,1H3,(H,34,36)(H,35,39)(H,37,38). The van der Waals surface area contributed by atoms with Gasteiger partial charge in [-0.15, -0.1) is 0 Å². The molecule has 0 spiro atoms. The summed E-state index contributed by atoms with van der Waals surface area (Å²) < 4.78 is 11.6. The highest BCUT2D eigenvalue weighted by Gasteiger charge is 2.31. The molecule has 8 heteroatoms. The van der Waals surface area contributed by atoms with Gasteiger partial charge in [-0.2, -0.15) is 0 Å². The fourth-order valence-corrected chi connectivity index (χ4v) is 4.98. The molecule has 0 radical (unpaired) electrons. The van der Waals surface area contributed by atoms with Gasteiger partial charge in [-0.05, 0) is 59.0 Å². The highest BCUT2D eigenvalue weighted by molar-refractivity contribution is 5.97. The minimum Gasteiger partial charge on any atom is -0.478 e. The fourth-order valence-electron chi connectivity index (χ4n) is 4.98. The first-order valence-electron chi connectivity index (χ1n) is 13.3. The average molecular weight is 551 g/mol. The van der Waals surface area contributed by atoms with Gasteiger partial charge in [0, 0.05) is 11.6 Å². The molecular formula is C33H30N2O6. The lowest BCUT2D eigenvalue weighted by molar-refractivity contribution is -0.121. The van der Waals surface area contributed by atoms with Crippen LogP contribution in [0.3, 0.4) is 0 Å². The van der Waals surface area contributed by atoms with E-state index in [1.54, 1.807) is 6.92 Å². The highest BCUT2D eigenvalue weighted by atomic mass is 16.5. The summed E-state index contributed by atoms with van der Waals surface area (Å²) in [5.41, 5.74) is 5.80. The maximum atomic E-state index is 13.3. The summed E-state index contributed by atoms with van der Waals surface area (Å²) in [6.45, 7) is 2.04. The molecule has 0 bridgehead atoms. The van der Waals surface area contributed by atoms with Crippen LogP contribution >= 0.6 is 0 Å². The molecule has 0 saturated heterocycles. The van der Waals surface area contributed by atoms with E-state index in [9.17, 15) is 14.4 Å². The Hall–Kier alpha value is -4.95. The summed E-state index contributed by atoms with van der Waals surface area (Å²) in [6.07, 6.45) is -1.46. The van der Waals surface area contributed by atoms with Crippen molar-refractivity contribution in [2.45, 2.75) is 31.6 Å². The Kier molecular flexibility index (Phi) is 8.41. The molecule has 2 unspecified atom stereocenters. The van der Waals surface area contributed by atoms with Crippen LogP contribution < -0.4 is 10.6 Å². The molecule has 0 fully saturated rings. The SMILES string of the molecule is CC(OCc1ccccc1)C(NC(=O)OCC1c2ccccc2-c2ccccc21)C(=O)Nc1ccc(C(=O)O)cc1. The van der Waals surface area contributed by atoms with Crippen molar-refractivity contribution in [2.24, 2.45) is 0 Å². The number of aromatic carboxylic acids is 1. The van der Waals surface area contributed by atoms with Crippen LogP contribution in [-0.4, -0.2) is 41.8 Å². The number of hydrogen-bond acceptors (Lipinski definition) is 5. The summed E-state index contributed by atoms with van der Waals surface area (Å²) in [5.74, 6) is -1.72. The zero-order chi connectivity index (χ0) is 28.8. The van der Waals surface area contributed by atoms with Crippen LogP contribution in [0.4, 0.5) is 10.5 Å². The largest absolute Gasteiger partial charge is 0.478 e. The maximum absolute atomic E-state index is 13.3. The molecule has 4 aromatic rings. The topological polar surface area (TPSA) is 114 Å². The van der Waals surface area contributed by atoms with Crippen molar-refractivity contribution in [2.75, 3.05) is 11.9 Å². The van der Waals surface area contributed by atoms with Gasteiger partial charge in [-0.1, -0.05) is 78.9 Å². The van der Waals surface area contributed by atoms with Gasteiger partial charge in [0.25, 0.3) is 0 Å². The van der Waals surface area contributed by atoms with Crippen molar-refractivity contribution in [3.63, 3.8) is 0 Å². The van der Waals surface area contributed by atoms with Crippen molar-refractivity contribution in [3.8, 4) is 11.1 Å². The van der Waals surface area contributed by atoms with Gasteiger partial charge < -0.3 is 25.2 Å². The average Bonchev–Trinajstić information content (AvgIpc) is 3.32. The molecule has 0 heterocycles. The lowest BCUT2D eigenvalue weighted by Gasteiger charge is -2.25. The second kappa shape index (κ2) is 12.5. The van der Waals surface area contributed by atoms with Gasteiger partial charge in [-0.3, -0.25) is 4.79 Å². The Labute approximate surface area is 237 Å². The quantitative estimate of drug-likeness (QED) is 0.229. The molecule has 2 atom stereocenters. The number of carboxylic acids is 1. The molecule has 4 aromatic carbocycles. The van der Waals surface area contributed by atoms with E-state index in [-0.39, 0.29) is 24.7 Å². The minimum absolute atomic E-state index is 0.0934. The van der Waals surface area contributed by atoms with Crippen LogP contribution in [0, 0.1) is 0 Å². The molecule has 0 aliphatic heterocycles. The van der Waals surface area contributed by atoms with E-state index >= 15 is 0 Å². The Balaban J connectivity index is 1.28. The number of anilines is 1. The summed E-state index contributed by atoms with van der Waals surface area (Å²) >= 11 is 0. The van der Waals surface area contributed by atoms with E-state index in [0.29, 0.717) is 5.69 Å².